The van der Waals surface area contributed by atoms with E-state index >= 15 is 0 Å². The van der Waals surface area contributed by atoms with Crippen LogP contribution in [0.2, 0.25) is 0 Å². The van der Waals surface area contributed by atoms with Gasteiger partial charge in [-0.1, -0.05) is 0 Å². The molecule has 18 heavy (non-hydrogen) atoms. The smallest absolute Gasteiger partial charge is 0.240 e. The van der Waals surface area contributed by atoms with Gasteiger partial charge in [0.1, 0.15) is 0 Å². The van der Waals surface area contributed by atoms with Gasteiger partial charge in [-0.2, -0.15) is 0 Å². The average molecular weight is 266 g/mol. The summed E-state index contributed by atoms with van der Waals surface area (Å²) in [6.07, 6.45) is 5.06. The van der Waals surface area contributed by atoms with E-state index in [1.807, 2.05) is 0 Å². The lowest BCUT2D eigenvalue weighted by atomic mass is 10.3. The summed E-state index contributed by atoms with van der Waals surface area (Å²) in [7, 11) is -3.47. The van der Waals surface area contributed by atoms with Crippen LogP contribution in [0.3, 0.4) is 0 Å². The SMILES string of the molecule is Nc1ccc(S(=O)(=O)NCCn2ccnc2)cc1. The molecule has 0 aliphatic rings. The van der Waals surface area contributed by atoms with Gasteiger partial charge < -0.3 is 10.3 Å². The highest BCUT2D eigenvalue weighted by Crippen LogP contribution is 2.10. The summed E-state index contributed by atoms with van der Waals surface area (Å²) in [5, 5.41) is 0. The van der Waals surface area contributed by atoms with E-state index in [1.54, 1.807) is 35.4 Å². The highest BCUT2D eigenvalue weighted by Gasteiger charge is 2.12. The topological polar surface area (TPSA) is 90.0 Å². The van der Waals surface area contributed by atoms with Gasteiger partial charge in [0.05, 0.1) is 11.2 Å². The van der Waals surface area contributed by atoms with Gasteiger partial charge in [-0.15, -0.1) is 0 Å². The van der Waals surface area contributed by atoms with Crippen LogP contribution in [0.15, 0.2) is 47.9 Å². The number of nitrogens with two attached hydrogens (primary N) is 1. The Morgan fingerprint density at radius 1 is 1.28 bits per heavy atom. The molecule has 2 aromatic rings. The van der Waals surface area contributed by atoms with Crippen molar-refractivity contribution in [2.75, 3.05) is 12.3 Å². The number of imidazole rings is 1. The zero-order chi connectivity index (χ0) is 13.0. The van der Waals surface area contributed by atoms with E-state index in [0.29, 0.717) is 18.8 Å². The maximum atomic E-state index is 11.9. The Bertz CT molecular complexity index is 590. The Morgan fingerprint density at radius 3 is 2.61 bits per heavy atom. The first-order chi connectivity index (χ1) is 8.58. The molecular weight excluding hydrogens is 252 g/mol. The fourth-order valence-electron chi connectivity index (χ4n) is 1.46. The molecule has 0 bridgehead atoms. The summed E-state index contributed by atoms with van der Waals surface area (Å²) in [4.78, 5) is 4.09. The van der Waals surface area contributed by atoms with Crippen LogP contribution in [-0.4, -0.2) is 24.5 Å². The summed E-state index contributed by atoms with van der Waals surface area (Å²) < 4.78 is 28.1. The minimum atomic E-state index is -3.47. The molecular formula is C11H14N4O2S. The highest BCUT2D eigenvalue weighted by molar-refractivity contribution is 7.89. The maximum Gasteiger partial charge on any atom is 0.240 e. The molecule has 0 unspecified atom stereocenters. The minimum absolute atomic E-state index is 0.210. The molecule has 0 saturated carbocycles. The van der Waals surface area contributed by atoms with E-state index in [1.165, 1.54) is 12.1 Å². The van der Waals surface area contributed by atoms with Gasteiger partial charge in [0, 0.05) is 31.2 Å². The number of nitrogens with zero attached hydrogens (tertiary/aromatic N) is 2. The number of benzene rings is 1. The molecule has 0 aliphatic heterocycles. The summed E-state index contributed by atoms with van der Waals surface area (Å²) in [5.41, 5.74) is 6.04. The largest absolute Gasteiger partial charge is 0.399 e. The number of nitrogens with one attached hydrogen (secondary N) is 1. The van der Waals surface area contributed by atoms with Crippen molar-refractivity contribution in [3.05, 3.63) is 43.0 Å². The second kappa shape index (κ2) is 5.19. The van der Waals surface area contributed by atoms with E-state index in [0.717, 1.165) is 0 Å². The number of anilines is 1. The zero-order valence-corrected chi connectivity index (χ0v) is 10.5. The van der Waals surface area contributed by atoms with Crippen LogP contribution in [0.1, 0.15) is 0 Å². The molecule has 2 rings (SSSR count). The molecule has 0 aliphatic carbocycles. The van der Waals surface area contributed by atoms with E-state index in [9.17, 15) is 8.42 Å². The third kappa shape index (κ3) is 3.08. The fraction of sp³-hybridized carbons (Fsp3) is 0.182. The van der Waals surface area contributed by atoms with Crippen molar-refractivity contribution in [3.8, 4) is 0 Å². The third-order valence-corrected chi connectivity index (χ3v) is 3.89. The Balaban J connectivity index is 1.97. The number of hydrogen-bond donors (Lipinski definition) is 2. The minimum Gasteiger partial charge on any atom is -0.399 e. The highest BCUT2D eigenvalue weighted by atomic mass is 32.2. The lowest BCUT2D eigenvalue weighted by molar-refractivity contribution is 0.573. The predicted octanol–water partition coefficient (Wildman–Crippen LogP) is 0.444. The maximum absolute atomic E-state index is 11.9. The van der Waals surface area contributed by atoms with Gasteiger partial charge in [0.2, 0.25) is 10.0 Å². The number of nitrogen functional groups attached to an aromatic ring is 1. The molecule has 0 radical (unpaired) electrons. The fourth-order valence-corrected chi connectivity index (χ4v) is 2.48. The molecule has 0 fully saturated rings. The Labute approximate surface area is 106 Å². The van der Waals surface area contributed by atoms with Crippen LogP contribution in [0.4, 0.5) is 5.69 Å². The van der Waals surface area contributed by atoms with E-state index in [2.05, 4.69) is 9.71 Å². The van der Waals surface area contributed by atoms with Crippen molar-refractivity contribution in [1.82, 2.24) is 14.3 Å². The van der Waals surface area contributed by atoms with Gasteiger partial charge in [-0.25, -0.2) is 18.1 Å². The lowest BCUT2D eigenvalue weighted by Crippen LogP contribution is -2.27. The second-order valence-corrected chi connectivity index (χ2v) is 5.53. The number of hydrogen-bond acceptors (Lipinski definition) is 4. The van der Waals surface area contributed by atoms with Crippen LogP contribution in [-0.2, 0) is 16.6 Å². The molecule has 0 atom stereocenters. The molecule has 0 saturated heterocycles. The number of rotatable bonds is 5. The van der Waals surface area contributed by atoms with Crippen molar-refractivity contribution in [1.29, 1.82) is 0 Å². The van der Waals surface area contributed by atoms with Crippen molar-refractivity contribution in [2.45, 2.75) is 11.4 Å². The molecule has 7 heteroatoms. The standard InChI is InChI=1S/C11H14N4O2S/c12-10-1-3-11(4-2-10)18(16,17)14-6-8-15-7-5-13-9-15/h1-5,7,9,14H,6,8,12H2. The van der Waals surface area contributed by atoms with Gasteiger partial charge in [-0.3, -0.25) is 0 Å². The first-order valence-electron chi connectivity index (χ1n) is 5.39. The van der Waals surface area contributed by atoms with Gasteiger partial charge in [0.25, 0.3) is 0 Å². The summed E-state index contributed by atoms with van der Waals surface area (Å²) in [6, 6.07) is 6.08. The number of aromatic nitrogens is 2. The second-order valence-electron chi connectivity index (χ2n) is 3.77. The molecule has 1 aromatic heterocycles. The Kier molecular flexibility index (Phi) is 3.63. The number of sulfonamides is 1. The monoisotopic (exact) mass is 266 g/mol. The van der Waals surface area contributed by atoms with Crippen LogP contribution in [0.25, 0.3) is 0 Å². The van der Waals surface area contributed by atoms with Crippen molar-refractivity contribution in [3.63, 3.8) is 0 Å². The molecule has 6 nitrogen and oxygen atoms in total. The van der Waals surface area contributed by atoms with E-state index in [-0.39, 0.29) is 4.90 Å². The summed E-state index contributed by atoms with van der Waals surface area (Å²) in [6.45, 7) is 0.845. The van der Waals surface area contributed by atoms with E-state index < -0.39 is 10.0 Å². The first kappa shape index (κ1) is 12.6. The van der Waals surface area contributed by atoms with Crippen LogP contribution < -0.4 is 10.5 Å². The van der Waals surface area contributed by atoms with Crippen molar-refractivity contribution < 1.29 is 8.42 Å². The first-order valence-corrected chi connectivity index (χ1v) is 6.87. The van der Waals surface area contributed by atoms with Gasteiger partial charge in [-0.05, 0) is 24.3 Å². The molecule has 0 spiro atoms. The van der Waals surface area contributed by atoms with Crippen LogP contribution >= 0.6 is 0 Å². The Morgan fingerprint density at radius 2 is 2.00 bits per heavy atom. The normalized spacial score (nSPS) is 11.6. The van der Waals surface area contributed by atoms with Gasteiger partial charge in [0.15, 0.2) is 0 Å². The van der Waals surface area contributed by atoms with Crippen molar-refractivity contribution in [2.24, 2.45) is 0 Å². The molecule has 0 amide bonds. The predicted molar refractivity (Wildman–Crippen MR) is 68.3 cm³/mol. The summed E-state index contributed by atoms with van der Waals surface area (Å²) in [5.74, 6) is 0. The Hall–Kier alpha value is -1.86. The van der Waals surface area contributed by atoms with E-state index in [4.69, 9.17) is 5.73 Å². The zero-order valence-electron chi connectivity index (χ0n) is 9.65. The molecule has 96 valence electrons. The molecule has 1 aromatic carbocycles. The lowest BCUT2D eigenvalue weighted by Gasteiger charge is -2.07. The average Bonchev–Trinajstić information content (AvgIpc) is 2.82. The van der Waals surface area contributed by atoms with Gasteiger partial charge >= 0.3 is 0 Å². The summed E-state index contributed by atoms with van der Waals surface area (Å²) >= 11 is 0. The molecule has 3 N–H and O–H groups in total. The van der Waals surface area contributed by atoms with Crippen LogP contribution in [0, 0.1) is 0 Å². The quantitative estimate of drug-likeness (QED) is 0.769. The van der Waals surface area contributed by atoms with Crippen LogP contribution in [0.5, 0.6) is 0 Å². The molecule has 1 heterocycles. The third-order valence-electron chi connectivity index (χ3n) is 2.41. The van der Waals surface area contributed by atoms with Crippen molar-refractivity contribution >= 4 is 15.7 Å².